The van der Waals surface area contributed by atoms with Crippen LogP contribution >= 0.6 is 0 Å². The summed E-state index contributed by atoms with van der Waals surface area (Å²) in [6, 6.07) is 19.2. The van der Waals surface area contributed by atoms with E-state index in [9.17, 15) is 0 Å². The second-order valence-corrected chi connectivity index (χ2v) is 5.69. The average Bonchev–Trinajstić information content (AvgIpc) is 2.62. The lowest BCUT2D eigenvalue weighted by atomic mass is 10.1. The van der Waals surface area contributed by atoms with E-state index in [1.165, 1.54) is 22.1 Å². The van der Waals surface area contributed by atoms with Crippen LogP contribution in [0.5, 0.6) is 0 Å². The van der Waals surface area contributed by atoms with Crippen LogP contribution in [-0.2, 0) is 0 Å². The Bertz CT molecular complexity index is 756. The van der Waals surface area contributed by atoms with Crippen molar-refractivity contribution in [2.24, 2.45) is 0 Å². The first-order valence-electron chi connectivity index (χ1n) is 7.79. The number of hydrogen-bond donors (Lipinski definition) is 0. The van der Waals surface area contributed by atoms with E-state index < -0.39 is 0 Å². The predicted molar refractivity (Wildman–Crippen MR) is 92.6 cm³/mol. The maximum Gasteiger partial charge on any atom is 0.0633 e. The van der Waals surface area contributed by atoms with Gasteiger partial charge in [0, 0.05) is 48.8 Å². The Morgan fingerprint density at radius 1 is 0.682 bits per heavy atom. The van der Waals surface area contributed by atoms with E-state index in [0.29, 0.717) is 0 Å². The van der Waals surface area contributed by atoms with Gasteiger partial charge in [-0.15, -0.1) is 0 Å². The van der Waals surface area contributed by atoms with Gasteiger partial charge < -0.3 is 9.80 Å². The van der Waals surface area contributed by atoms with Crippen LogP contribution in [0, 0.1) is 0 Å². The standard InChI is InChI=1S/C19H19N3/c1-2-7-17(8-3-1)21-10-12-22(13-11-21)19-15-20-14-16-6-4-5-9-18(16)19/h1-9,14-15H,10-13H2. The maximum atomic E-state index is 4.41. The summed E-state index contributed by atoms with van der Waals surface area (Å²) in [5.74, 6) is 0. The molecule has 0 atom stereocenters. The van der Waals surface area contributed by atoms with Gasteiger partial charge >= 0.3 is 0 Å². The molecule has 1 aliphatic rings. The van der Waals surface area contributed by atoms with Crippen LogP contribution in [0.15, 0.2) is 67.0 Å². The second-order valence-electron chi connectivity index (χ2n) is 5.69. The van der Waals surface area contributed by atoms with E-state index >= 15 is 0 Å². The molecule has 2 aromatic carbocycles. The quantitative estimate of drug-likeness (QED) is 0.719. The van der Waals surface area contributed by atoms with Crippen molar-refractivity contribution in [3.8, 4) is 0 Å². The minimum absolute atomic E-state index is 1.03. The van der Waals surface area contributed by atoms with Crippen molar-refractivity contribution in [1.82, 2.24) is 4.98 Å². The average molecular weight is 289 g/mol. The molecule has 2 heterocycles. The van der Waals surface area contributed by atoms with Gasteiger partial charge in [-0.25, -0.2) is 0 Å². The Balaban J connectivity index is 1.56. The summed E-state index contributed by atoms with van der Waals surface area (Å²) >= 11 is 0. The van der Waals surface area contributed by atoms with Gasteiger partial charge in [-0.2, -0.15) is 0 Å². The van der Waals surface area contributed by atoms with E-state index in [2.05, 4.69) is 69.4 Å². The number of rotatable bonds is 2. The molecule has 1 aliphatic heterocycles. The van der Waals surface area contributed by atoms with E-state index in [-0.39, 0.29) is 0 Å². The molecule has 0 saturated carbocycles. The SMILES string of the molecule is c1ccc(N2CCN(c3cncc4ccccc34)CC2)cc1. The van der Waals surface area contributed by atoms with Crippen molar-refractivity contribution in [2.45, 2.75) is 0 Å². The lowest BCUT2D eigenvalue weighted by Crippen LogP contribution is -2.46. The highest BCUT2D eigenvalue weighted by Gasteiger charge is 2.18. The van der Waals surface area contributed by atoms with Gasteiger partial charge in [0.05, 0.1) is 11.9 Å². The number of benzene rings is 2. The lowest BCUT2D eigenvalue weighted by molar-refractivity contribution is 0.654. The van der Waals surface area contributed by atoms with Gasteiger partial charge in [0.15, 0.2) is 0 Å². The van der Waals surface area contributed by atoms with Gasteiger partial charge in [0.25, 0.3) is 0 Å². The fourth-order valence-corrected chi connectivity index (χ4v) is 3.20. The fourth-order valence-electron chi connectivity index (χ4n) is 3.20. The Hall–Kier alpha value is -2.55. The summed E-state index contributed by atoms with van der Waals surface area (Å²) in [5, 5.41) is 2.51. The van der Waals surface area contributed by atoms with Crippen LogP contribution in [0.4, 0.5) is 11.4 Å². The third kappa shape index (κ3) is 2.39. The highest BCUT2D eigenvalue weighted by Crippen LogP contribution is 2.27. The number of anilines is 2. The Morgan fingerprint density at radius 3 is 2.18 bits per heavy atom. The van der Waals surface area contributed by atoms with Crippen molar-refractivity contribution < 1.29 is 0 Å². The minimum Gasteiger partial charge on any atom is -0.368 e. The van der Waals surface area contributed by atoms with Crippen LogP contribution in [0.2, 0.25) is 0 Å². The molecule has 3 aromatic rings. The van der Waals surface area contributed by atoms with E-state index in [0.717, 1.165) is 26.2 Å². The van der Waals surface area contributed by atoms with Gasteiger partial charge in [-0.1, -0.05) is 42.5 Å². The summed E-state index contributed by atoms with van der Waals surface area (Å²) in [5.41, 5.74) is 2.57. The van der Waals surface area contributed by atoms with Crippen molar-refractivity contribution >= 4 is 22.1 Å². The van der Waals surface area contributed by atoms with Gasteiger partial charge in [0.2, 0.25) is 0 Å². The number of aromatic nitrogens is 1. The highest BCUT2D eigenvalue weighted by molar-refractivity contribution is 5.93. The summed E-state index contributed by atoms with van der Waals surface area (Å²) in [7, 11) is 0. The molecule has 1 aromatic heterocycles. The first-order valence-corrected chi connectivity index (χ1v) is 7.79. The molecule has 4 rings (SSSR count). The van der Waals surface area contributed by atoms with Crippen molar-refractivity contribution in [2.75, 3.05) is 36.0 Å². The Labute approximate surface area is 130 Å². The second kappa shape index (κ2) is 5.68. The third-order valence-corrected chi connectivity index (χ3v) is 4.39. The molecule has 22 heavy (non-hydrogen) atoms. The van der Waals surface area contributed by atoms with Gasteiger partial charge in [-0.3, -0.25) is 4.98 Å². The molecular formula is C19H19N3. The van der Waals surface area contributed by atoms with Crippen LogP contribution in [-0.4, -0.2) is 31.2 Å². The largest absolute Gasteiger partial charge is 0.368 e. The zero-order valence-corrected chi connectivity index (χ0v) is 12.5. The Morgan fingerprint density at radius 2 is 1.36 bits per heavy atom. The molecule has 1 fully saturated rings. The number of pyridine rings is 1. The molecule has 0 radical (unpaired) electrons. The van der Waals surface area contributed by atoms with Crippen LogP contribution < -0.4 is 9.80 Å². The monoisotopic (exact) mass is 289 g/mol. The summed E-state index contributed by atoms with van der Waals surface area (Å²) in [4.78, 5) is 9.32. The lowest BCUT2D eigenvalue weighted by Gasteiger charge is -2.37. The number of piperazine rings is 1. The topological polar surface area (TPSA) is 19.4 Å². The third-order valence-electron chi connectivity index (χ3n) is 4.39. The van der Waals surface area contributed by atoms with Crippen molar-refractivity contribution in [3.63, 3.8) is 0 Å². The molecule has 0 unspecified atom stereocenters. The molecule has 0 bridgehead atoms. The fraction of sp³-hybridized carbons (Fsp3) is 0.211. The molecule has 110 valence electrons. The first-order chi connectivity index (χ1) is 10.9. The molecule has 0 amide bonds. The molecule has 1 saturated heterocycles. The first kappa shape index (κ1) is 13.1. The molecule has 0 spiro atoms. The van der Waals surface area contributed by atoms with Crippen molar-refractivity contribution in [1.29, 1.82) is 0 Å². The predicted octanol–water partition coefficient (Wildman–Crippen LogP) is 3.56. The zero-order chi connectivity index (χ0) is 14.8. The minimum atomic E-state index is 1.03. The summed E-state index contributed by atoms with van der Waals surface area (Å²) in [6.07, 6.45) is 3.94. The molecule has 0 aliphatic carbocycles. The number of hydrogen-bond acceptors (Lipinski definition) is 3. The number of nitrogens with zero attached hydrogens (tertiary/aromatic N) is 3. The molecular weight excluding hydrogens is 270 g/mol. The summed E-state index contributed by atoms with van der Waals surface area (Å²) in [6.45, 7) is 4.16. The maximum absolute atomic E-state index is 4.41. The van der Waals surface area contributed by atoms with Gasteiger partial charge in [0.1, 0.15) is 0 Å². The van der Waals surface area contributed by atoms with E-state index in [1.54, 1.807) is 0 Å². The number of fused-ring (bicyclic) bond motifs is 1. The normalized spacial score (nSPS) is 15.3. The summed E-state index contributed by atoms with van der Waals surface area (Å²) < 4.78 is 0. The van der Waals surface area contributed by atoms with Crippen LogP contribution in [0.1, 0.15) is 0 Å². The smallest absolute Gasteiger partial charge is 0.0633 e. The molecule has 3 nitrogen and oxygen atoms in total. The van der Waals surface area contributed by atoms with E-state index in [1.807, 2.05) is 12.4 Å². The van der Waals surface area contributed by atoms with Gasteiger partial charge in [-0.05, 0) is 12.1 Å². The molecule has 0 N–H and O–H groups in total. The van der Waals surface area contributed by atoms with Crippen LogP contribution in [0.3, 0.4) is 0 Å². The van der Waals surface area contributed by atoms with Crippen LogP contribution in [0.25, 0.3) is 10.8 Å². The zero-order valence-electron chi connectivity index (χ0n) is 12.5. The van der Waals surface area contributed by atoms with Crippen molar-refractivity contribution in [3.05, 3.63) is 67.0 Å². The van der Waals surface area contributed by atoms with E-state index in [4.69, 9.17) is 0 Å². The Kier molecular flexibility index (Phi) is 3.39. The molecule has 3 heteroatoms. The number of para-hydroxylation sites is 1. The highest BCUT2D eigenvalue weighted by atomic mass is 15.3.